The summed E-state index contributed by atoms with van der Waals surface area (Å²) in [5.74, 6) is 1.67. The van der Waals surface area contributed by atoms with Gasteiger partial charge in [0.1, 0.15) is 10.8 Å². The zero-order valence-corrected chi connectivity index (χ0v) is 13.5. The van der Waals surface area contributed by atoms with E-state index < -0.39 is 0 Å². The van der Waals surface area contributed by atoms with Crippen molar-refractivity contribution >= 4 is 17.6 Å². The fourth-order valence-electron chi connectivity index (χ4n) is 1.61. The lowest BCUT2D eigenvalue weighted by Gasteiger charge is -2.23. The molecule has 1 heterocycles. The standard InChI is InChI=1S/C16H21N3OS/c1-16(2,20-3)12-18-14-9-17-10-15(19-14)21-11-13-7-5-4-6-8-13/h4-10H,11-12H2,1-3H3,(H,18,19). The monoisotopic (exact) mass is 303 g/mol. The molecule has 0 radical (unpaired) electrons. The van der Waals surface area contributed by atoms with E-state index in [4.69, 9.17) is 4.74 Å². The third kappa shape index (κ3) is 5.36. The molecule has 21 heavy (non-hydrogen) atoms. The zero-order chi connectivity index (χ0) is 15.1. The number of benzene rings is 1. The predicted octanol–water partition coefficient (Wildman–Crippen LogP) is 3.61. The molecule has 0 bridgehead atoms. The van der Waals surface area contributed by atoms with E-state index in [1.807, 2.05) is 32.0 Å². The van der Waals surface area contributed by atoms with Crippen LogP contribution in [0.4, 0.5) is 5.82 Å². The van der Waals surface area contributed by atoms with Crippen LogP contribution in [0.15, 0.2) is 47.8 Å². The first-order chi connectivity index (χ1) is 10.1. The first kappa shape index (κ1) is 15.8. The molecule has 0 saturated heterocycles. The van der Waals surface area contributed by atoms with Gasteiger partial charge in [0, 0.05) is 19.4 Å². The van der Waals surface area contributed by atoms with Crippen molar-refractivity contribution in [3.05, 3.63) is 48.3 Å². The van der Waals surface area contributed by atoms with Crippen molar-refractivity contribution in [3.63, 3.8) is 0 Å². The predicted molar refractivity (Wildman–Crippen MR) is 87.6 cm³/mol. The van der Waals surface area contributed by atoms with Gasteiger partial charge < -0.3 is 10.1 Å². The van der Waals surface area contributed by atoms with Crippen LogP contribution >= 0.6 is 11.8 Å². The lowest BCUT2D eigenvalue weighted by molar-refractivity contribution is 0.0343. The molecule has 5 heteroatoms. The van der Waals surface area contributed by atoms with Gasteiger partial charge in [-0.3, -0.25) is 4.98 Å². The molecule has 2 aromatic rings. The second-order valence-corrected chi connectivity index (χ2v) is 6.33. The van der Waals surface area contributed by atoms with E-state index in [2.05, 4.69) is 27.4 Å². The largest absolute Gasteiger partial charge is 0.377 e. The van der Waals surface area contributed by atoms with Crippen LogP contribution < -0.4 is 5.32 Å². The fourth-order valence-corrected chi connectivity index (χ4v) is 2.42. The van der Waals surface area contributed by atoms with Crippen LogP contribution in [0.2, 0.25) is 0 Å². The number of rotatable bonds is 7. The number of hydrogen-bond donors (Lipinski definition) is 1. The topological polar surface area (TPSA) is 47.0 Å². The van der Waals surface area contributed by atoms with E-state index in [0.29, 0.717) is 6.54 Å². The number of thioether (sulfide) groups is 1. The molecule has 0 amide bonds. The van der Waals surface area contributed by atoms with E-state index in [0.717, 1.165) is 16.6 Å². The maximum atomic E-state index is 5.38. The normalized spacial score (nSPS) is 11.4. The molecule has 4 nitrogen and oxygen atoms in total. The van der Waals surface area contributed by atoms with Crippen molar-refractivity contribution in [1.82, 2.24) is 9.97 Å². The summed E-state index contributed by atoms with van der Waals surface area (Å²) in [5.41, 5.74) is 1.05. The van der Waals surface area contributed by atoms with Gasteiger partial charge in [-0.05, 0) is 19.4 Å². The highest BCUT2D eigenvalue weighted by atomic mass is 32.2. The Balaban J connectivity index is 1.92. The molecular weight excluding hydrogens is 282 g/mol. The Bertz CT molecular complexity index is 560. The molecule has 0 atom stereocenters. The number of hydrogen-bond acceptors (Lipinski definition) is 5. The van der Waals surface area contributed by atoms with Gasteiger partial charge in [0.15, 0.2) is 0 Å². The Morgan fingerprint density at radius 3 is 2.67 bits per heavy atom. The molecule has 0 saturated carbocycles. The smallest absolute Gasteiger partial charge is 0.145 e. The van der Waals surface area contributed by atoms with Crippen molar-refractivity contribution in [2.24, 2.45) is 0 Å². The van der Waals surface area contributed by atoms with Crippen LogP contribution in [0.25, 0.3) is 0 Å². The molecule has 0 aliphatic carbocycles. The average Bonchev–Trinajstić information content (AvgIpc) is 2.53. The first-order valence-electron chi connectivity index (χ1n) is 6.87. The van der Waals surface area contributed by atoms with Crippen molar-refractivity contribution in [3.8, 4) is 0 Å². The van der Waals surface area contributed by atoms with Gasteiger partial charge in [0.25, 0.3) is 0 Å². The number of aromatic nitrogens is 2. The van der Waals surface area contributed by atoms with Gasteiger partial charge >= 0.3 is 0 Å². The molecule has 1 N–H and O–H groups in total. The van der Waals surface area contributed by atoms with Crippen molar-refractivity contribution in [1.29, 1.82) is 0 Å². The summed E-state index contributed by atoms with van der Waals surface area (Å²) in [7, 11) is 1.71. The van der Waals surface area contributed by atoms with E-state index in [1.54, 1.807) is 31.3 Å². The van der Waals surface area contributed by atoms with E-state index in [1.165, 1.54) is 5.56 Å². The lowest BCUT2D eigenvalue weighted by atomic mass is 10.1. The summed E-state index contributed by atoms with van der Waals surface area (Å²) in [5, 5.41) is 4.18. The molecule has 0 aliphatic heterocycles. The molecule has 0 aliphatic rings. The molecule has 0 unspecified atom stereocenters. The molecule has 2 rings (SSSR count). The lowest BCUT2D eigenvalue weighted by Crippen LogP contribution is -2.32. The number of methoxy groups -OCH3 is 1. The Morgan fingerprint density at radius 2 is 1.95 bits per heavy atom. The van der Waals surface area contributed by atoms with Crippen molar-refractivity contribution in [2.75, 3.05) is 19.0 Å². The van der Waals surface area contributed by atoms with Crippen LogP contribution in [-0.4, -0.2) is 29.2 Å². The summed E-state index contributed by atoms with van der Waals surface area (Å²) < 4.78 is 5.38. The number of ether oxygens (including phenoxy) is 1. The maximum Gasteiger partial charge on any atom is 0.145 e. The van der Waals surface area contributed by atoms with Crippen molar-refractivity contribution in [2.45, 2.75) is 30.2 Å². The molecule has 0 fully saturated rings. The maximum absolute atomic E-state index is 5.38. The van der Waals surface area contributed by atoms with Crippen LogP contribution in [0.5, 0.6) is 0 Å². The van der Waals surface area contributed by atoms with Gasteiger partial charge in [-0.2, -0.15) is 0 Å². The second kappa shape index (κ2) is 7.43. The summed E-state index contributed by atoms with van der Waals surface area (Å²) in [6.45, 7) is 4.74. The number of nitrogens with zero attached hydrogens (tertiary/aromatic N) is 2. The van der Waals surface area contributed by atoms with Gasteiger partial charge in [-0.15, -0.1) is 11.8 Å². The van der Waals surface area contributed by atoms with Gasteiger partial charge in [0.2, 0.25) is 0 Å². The SMILES string of the molecule is COC(C)(C)CNc1cncc(SCc2ccccc2)n1. The quantitative estimate of drug-likeness (QED) is 0.792. The summed E-state index contributed by atoms with van der Waals surface area (Å²) in [6, 6.07) is 10.3. The molecule has 1 aromatic heterocycles. The van der Waals surface area contributed by atoms with Gasteiger partial charge in [-0.1, -0.05) is 30.3 Å². The van der Waals surface area contributed by atoms with Gasteiger partial charge in [0.05, 0.1) is 18.0 Å². The highest BCUT2D eigenvalue weighted by Gasteiger charge is 2.16. The van der Waals surface area contributed by atoms with Crippen molar-refractivity contribution < 1.29 is 4.74 Å². The summed E-state index contributed by atoms with van der Waals surface area (Å²) >= 11 is 1.68. The summed E-state index contributed by atoms with van der Waals surface area (Å²) in [6.07, 6.45) is 3.53. The van der Waals surface area contributed by atoms with Crippen LogP contribution in [0, 0.1) is 0 Å². The second-order valence-electron chi connectivity index (χ2n) is 5.33. The third-order valence-electron chi connectivity index (χ3n) is 3.09. The Hall–Kier alpha value is -1.59. The number of anilines is 1. The van der Waals surface area contributed by atoms with Crippen LogP contribution in [-0.2, 0) is 10.5 Å². The van der Waals surface area contributed by atoms with Crippen LogP contribution in [0.1, 0.15) is 19.4 Å². The minimum absolute atomic E-state index is 0.227. The van der Waals surface area contributed by atoms with E-state index in [9.17, 15) is 0 Å². The minimum Gasteiger partial charge on any atom is -0.377 e. The first-order valence-corrected chi connectivity index (χ1v) is 7.85. The molecule has 1 aromatic carbocycles. The van der Waals surface area contributed by atoms with E-state index >= 15 is 0 Å². The average molecular weight is 303 g/mol. The molecule has 0 spiro atoms. The van der Waals surface area contributed by atoms with Crippen LogP contribution in [0.3, 0.4) is 0 Å². The number of nitrogens with one attached hydrogen (secondary N) is 1. The Kier molecular flexibility index (Phi) is 5.59. The highest BCUT2D eigenvalue weighted by Crippen LogP contribution is 2.21. The highest BCUT2D eigenvalue weighted by molar-refractivity contribution is 7.98. The van der Waals surface area contributed by atoms with E-state index in [-0.39, 0.29) is 5.60 Å². The summed E-state index contributed by atoms with van der Waals surface area (Å²) in [4.78, 5) is 8.80. The molecule has 112 valence electrons. The third-order valence-corrected chi connectivity index (χ3v) is 4.06. The Labute approximate surface area is 130 Å². The minimum atomic E-state index is -0.227. The molecular formula is C16H21N3OS. The fraction of sp³-hybridized carbons (Fsp3) is 0.375. The zero-order valence-electron chi connectivity index (χ0n) is 12.7. The Morgan fingerprint density at radius 1 is 1.19 bits per heavy atom. The van der Waals surface area contributed by atoms with Gasteiger partial charge in [-0.25, -0.2) is 4.98 Å².